The van der Waals surface area contributed by atoms with Gasteiger partial charge in [-0.25, -0.2) is 0 Å². The summed E-state index contributed by atoms with van der Waals surface area (Å²) in [5.41, 5.74) is 13.8. The molecule has 0 radical (unpaired) electrons. The van der Waals surface area contributed by atoms with Crippen molar-refractivity contribution in [1.29, 1.82) is 0 Å². The van der Waals surface area contributed by atoms with Gasteiger partial charge in [0.25, 0.3) is 0 Å². The summed E-state index contributed by atoms with van der Waals surface area (Å²) >= 11 is -3.74. The van der Waals surface area contributed by atoms with Crippen LogP contribution in [0.25, 0.3) is 61.0 Å². The van der Waals surface area contributed by atoms with Crippen molar-refractivity contribution < 1.29 is 25.8 Å². The van der Waals surface area contributed by atoms with Crippen LogP contribution >= 0.6 is 0 Å². The van der Waals surface area contributed by atoms with Crippen LogP contribution in [-0.4, -0.2) is 22.8 Å². The molecule has 9 aromatic carbocycles. The number of pyridine rings is 1. The van der Waals surface area contributed by atoms with E-state index in [1.807, 2.05) is 30.5 Å². The molecule has 0 saturated carbocycles. The maximum atomic E-state index is 6.91. The van der Waals surface area contributed by atoms with Gasteiger partial charge in [-0.15, -0.1) is 0 Å². The molecule has 14 rings (SSSR count). The molecule has 0 unspecified atom stereocenters. The van der Waals surface area contributed by atoms with Crippen LogP contribution < -0.4 is 32.1 Å². The number of aromatic nitrogens is 2. The summed E-state index contributed by atoms with van der Waals surface area (Å²) in [6, 6.07) is 84.2. The molecule has 0 atom stereocenters. The Bertz CT molecular complexity index is 3640. The molecule has 2 aromatic heterocycles. The van der Waals surface area contributed by atoms with E-state index in [1.165, 1.54) is 34.4 Å². The van der Waals surface area contributed by atoms with Crippen LogP contribution in [0.3, 0.4) is 0 Å². The van der Waals surface area contributed by atoms with Gasteiger partial charge in [-0.3, -0.25) is 0 Å². The zero-order chi connectivity index (χ0) is 43.3. The quantitative estimate of drug-likeness (QED) is 0.123. The first kappa shape index (κ1) is 39.9. The van der Waals surface area contributed by atoms with Gasteiger partial charge in [-0.2, -0.15) is 0 Å². The average Bonchev–Trinajstić information content (AvgIpc) is 4.03. The predicted molar refractivity (Wildman–Crippen MR) is 271 cm³/mol. The second kappa shape index (κ2) is 15.6. The van der Waals surface area contributed by atoms with E-state index in [1.54, 1.807) is 0 Å². The van der Waals surface area contributed by atoms with E-state index in [0.717, 1.165) is 66.9 Å². The summed E-state index contributed by atoms with van der Waals surface area (Å²) in [5.74, 6) is 2.07. The summed E-state index contributed by atoms with van der Waals surface area (Å²) in [7, 11) is 0. The normalized spacial score (nSPS) is 13.6. The fraction of sp³-hybridized carbons (Fsp3) is 0. The van der Waals surface area contributed by atoms with Crippen molar-refractivity contribution in [2.24, 2.45) is 0 Å². The second-order valence-corrected chi connectivity index (χ2v) is 24.8. The Balaban J connectivity index is 0.00000446. The summed E-state index contributed by atoms with van der Waals surface area (Å²) in [6.45, 7) is 2.30. The maximum absolute atomic E-state index is 6.91. The predicted octanol–water partition coefficient (Wildman–Crippen LogP) is 12.0. The van der Waals surface area contributed by atoms with Gasteiger partial charge in [0, 0.05) is 21.1 Å². The van der Waals surface area contributed by atoms with Gasteiger partial charge in [0.15, 0.2) is 0 Å². The molecule has 11 aromatic rings. The molecule has 5 nitrogen and oxygen atoms in total. The Morgan fingerprint density at radius 2 is 1.04 bits per heavy atom. The summed E-state index contributed by atoms with van der Waals surface area (Å²) in [6.07, 6.45) is 1.83. The van der Waals surface area contributed by atoms with Gasteiger partial charge in [0.1, 0.15) is 0 Å². The van der Waals surface area contributed by atoms with E-state index < -0.39 is 13.3 Å². The molecule has 1 spiro atoms. The fourth-order valence-corrected chi connectivity index (χ4v) is 22.7. The molecule has 0 N–H and O–H groups in total. The third-order valence-corrected chi connectivity index (χ3v) is 24.1. The molecular weight excluding hydrogens is 1060 g/mol. The zero-order valence-corrected chi connectivity index (χ0v) is 40.2. The zero-order valence-electron chi connectivity index (χ0n) is 35.9. The van der Waals surface area contributed by atoms with Crippen LogP contribution in [0.5, 0.6) is 11.5 Å². The molecule has 5 heterocycles. The van der Waals surface area contributed by atoms with Crippen molar-refractivity contribution in [1.82, 2.24) is 9.55 Å². The first-order chi connectivity index (χ1) is 32.8. The number of rotatable bonds is 6. The SMILES string of the molecule is [Pt].[c-]1c(Oc2[c-]c3c(cc2)c2ccccc2n3-c2ccccn2)cc[c]2c1N1[CH-]N(c3c(-c4ccccc4)cccc3-c3ccccc3)c3ccc[c](c31)[Ge]21[c]2ccccc2-c2cccc[c]21. The molecule has 0 aliphatic carbocycles. The van der Waals surface area contributed by atoms with Crippen molar-refractivity contribution in [3.05, 3.63) is 237 Å². The van der Waals surface area contributed by atoms with Crippen LogP contribution in [0.4, 0.5) is 22.7 Å². The van der Waals surface area contributed by atoms with Crippen LogP contribution in [0.1, 0.15) is 0 Å². The Morgan fingerprint density at radius 3 is 1.76 bits per heavy atom. The van der Waals surface area contributed by atoms with E-state index in [9.17, 15) is 0 Å². The van der Waals surface area contributed by atoms with Gasteiger partial charge >= 0.3 is 381 Å². The second-order valence-electron chi connectivity index (χ2n) is 17.1. The van der Waals surface area contributed by atoms with Gasteiger partial charge in [0.2, 0.25) is 0 Å². The molecule has 7 heteroatoms. The number of hydrogen-bond donors (Lipinski definition) is 0. The molecule has 3 aliphatic rings. The van der Waals surface area contributed by atoms with Crippen LogP contribution in [0.15, 0.2) is 219 Å². The van der Waals surface area contributed by atoms with Crippen molar-refractivity contribution in [2.45, 2.75) is 0 Å². The Morgan fingerprint density at radius 1 is 0.448 bits per heavy atom. The van der Waals surface area contributed by atoms with Crippen LogP contribution in [0.2, 0.25) is 0 Å². The van der Waals surface area contributed by atoms with Crippen molar-refractivity contribution in [2.75, 3.05) is 9.80 Å². The number of para-hydroxylation sites is 3. The van der Waals surface area contributed by atoms with E-state index in [4.69, 9.17) is 9.72 Å². The molecule has 320 valence electrons. The van der Waals surface area contributed by atoms with Gasteiger partial charge in [-0.05, 0) is 6.07 Å². The van der Waals surface area contributed by atoms with Crippen molar-refractivity contribution in [3.63, 3.8) is 0 Å². The molecule has 0 bridgehead atoms. The summed E-state index contributed by atoms with van der Waals surface area (Å²) in [4.78, 5) is 9.58. The molecular formula is C60H37GeN4OPt-3. The first-order valence-corrected chi connectivity index (χ1v) is 26.6. The number of anilines is 4. The molecule has 0 saturated heterocycles. The van der Waals surface area contributed by atoms with Gasteiger partial charge < -0.3 is 0 Å². The molecule has 0 fully saturated rings. The topological polar surface area (TPSA) is 33.5 Å². The number of ether oxygens (including phenoxy) is 1. The number of hydrogen-bond acceptors (Lipinski definition) is 4. The first-order valence-electron chi connectivity index (χ1n) is 22.4. The Hall–Kier alpha value is -7.44. The van der Waals surface area contributed by atoms with E-state index in [-0.39, 0.29) is 21.1 Å². The third-order valence-electron chi connectivity index (χ3n) is 13.7. The summed E-state index contributed by atoms with van der Waals surface area (Å²) < 4.78 is 14.7. The van der Waals surface area contributed by atoms with E-state index >= 15 is 0 Å². The number of nitrogens with zero attached hydrogens (tertiary/aromatic N) is 4. The van der Waals surface area contributed by atoms with Gasteiger partial charge in [0.05, 0.1) is 0 Å². The number of fused-ring (bicyclic) bond motifs is 12. The molecule has 67 heavy (non-hydrogen) atoms. The van der Waals surface area contributed by atoms with E-state index in [0.29, 0.717) is 11.5 Å². The molecule has 0 amide bonds. The molecule has 3 aliphatic heterocycles. The monoisotopic (exact) mass is 1100 g/mol. The average molecular weight is 1100 g/mol. The van der Waals surface area contributed by atoms with Crippen LogP contribution in [0, 0.1) is 18.8 Å². The summed E-state index contributed by atoms with van der Waals surface area (Å²) in [5, 5.41) is 2.23. The minimum atomic E-state index is -3.74. The van der Waals surface area contributed by atoms with E-state index in [2.05, 4.69) is 221 Å². The van der Waals surface area contributed by atoms with Crippen LogP contribution in [-0.2, 0) is 21.1 Å². The standard InChI is InChI=1S/C60H37GeN4O.Pt/c1-3-17-40(18-4-1)44-24-15-25-45(41-19-5-2-6-20-41)59(44)63-39-64-57-38-43(66-42-32-34-49-48-23-9-12-29-54(48)65(56(49)37-42)58-31-13-14-36-62-58)33-35-52(57)61(53-28-16-30-55(63)60(53)64)50-26-10-7-21-46(50)47-22-8-11-27-51(47)61;/h1-36,39H;/q-3;. The Kier molecular flexibility index (Phi) is 9.28. The van der Waals surface area contributed by atoms with Crippen molar-refractivity contribution >= 4 is 75.4 Å². The van der Waals surface area contributed by atoms with Crippen molar-refractivity contribution in [3.8, 4) is 50.7 Å². The number of benzene rings is 9. The fourth-order valence-electron chi connectivity index (χ4n) is 11.1. The third kappa shape index (κ3) is 5.81. The minimum absolute atomic E-state index is 0. The van der Waals surface area contributed by atoms with Gasteiger partial charge in [-0.1, -0.05) is 0 Å². The Labute approximate surface area is 405 Å².